The zero-order valence-electron chi connectivity index (χ0n) is 12.7. The summed E-state index contributed by atoms with van der Waals surface area (Å²) in [5.74, 6) is 1.47. The third-order valence-electron chi connectivity index (χ3n) is 3.92. The van der Waals surface area contributed by atoms with Crippen molar-refractivity contribution in [3.8, 4) is 0 Å². The van der Waals surface area contributed by atoms with E-state index in [9.17, 15) is 4.79 Å². The standard InChI is InChI=1S/C14H24N4O2.ClH/c1-10(2)13-16-12(20-18-13)6-5-11(19)17-14(9-15)7-3-4-8-14;/h10H,3-9,15H2,1-2H3,(H,17,19);1H. The Hall–Kier alpha value is -1.14. The summed E-state index contributed by atoms with van der Waals surface area (Å²) in [5, 5.41) is 6.98. The molecule has 1 saturated carbocycles. The van der Waals surface area contributed by atoms with Gasteiger partial charge in [-0.25, -0.2) is 0 Å². The van der Waals surface area contributed by atoms with Crippen LogP contribution in [0.4, 0.5) is 0 Å². The molecule has 0 aliphatic heterocycles. The molecule has 1 aliphatic rings. The Bertz CT molecular complexity index is 456. The van der Waals surface area contributed by atoms with E-state index in [4.69, 9.17) is 10.3 Å². The van der Waals surface area contributed by atoms with Crippen molar-refractivity contribution in [1.82, 2.24) is 15.5 Å². The fourth-order valence-electron chi connectivity index (χ4n) is 2.61. The summed E-state index contributed by atoms with van der Waals surface area (Å²) in [7, 11) is 0. The van der Waals surface area contributed by atoms with Gasteiger partial charge in [-0.2, -0.15) is 4.98 Å². The van der Waals surface area contributed by atoms with Gasteiger partial charge in [0.05, 0.1) is 5.54 Å². The SMILES string of the molecule is CC(C)c1noc(CCC(=O)NC2(CN)CCCC2)n1.Cl. The zero-order valence-corrected chi connectivity index (χ0v) is 13.5. The van der Waals surface area contributed by atoms with Gasteiger partial charge in [-0.05, 0) is 12.8 Å². The van der Waals surface area contributed by atoms with E-state index >= 15 is 0 Å². The maximum Gasteiger partial charge on any atom is 0.227 e. The number of rotatable bonds is 6. The summed E-state index contributed by atoms with van der Waals surface area (Å²) in [5.41, 5.74) is 5.62. The molecule has 1 aromatic heterocycles. The highest BCUT2D eigenvalue weighted by Crippen LogP contribution is 2.28. The van der Waals surface area contributed by atoms with Gasteiger partial charge in [-0.3, -0.25) is 4.79 Å². The fraction of sp³-hybridized carbons (Fsp3) is 0.786. The number of amides is 1. The number of carbonyl (C=O) groups excluding carboxylic acids is 1. The Morgan fingerprint density at radius 2 is 2.10 bits per heavy atom. The van der Waals surface area contributed by atoms with Crippen molar-refractivity contribution in [2.24, 2.45) is 5.73 Å². The smallest absolute Gasteiger partial charge is 0.227 e. The van der Waals surface area contributed by atoms with E-state index in [0.717, 1.165) is 25.7 Å². The minimum atomic E-state index is -0.185. The van der Waals surface area contributed by atoms with Crippen LogP contribution in [0.3, 0.4) is 0 Å². The third-order valence-corrected chi connectivity index (χ3v) is 3.92. The number of carbonyl (C=O) groups is 1. The lowest BCUT2D eigenvalue weighted by Gasteiger charge is -2.28. The molecule has 1 fully saturated rings. The van der Waals surface area contributed by atoms with Gasteiger partial charge in [0.2, 0.25) is 11.8 Å². The van der Waals surface area contributed by atoms with E-state index in [1.165, 1.54) is 0 Å². The van der Waals surface area contributed by atoms with Crippen LogP contribution in [0.15, 0.2) is 4.52 Å². The average Bonchev–Trinajstić information content (AvgIpc) is 3.06. The van der Waals surface area contributed by atoms with E-state index in [2.05, 4.69) is 15.5 Å². The molecule has 7 heteroatoms. The maximum atomic E-state index is 12.0. The van der Waals surface area contributed by atoms with Gasteiger partial charge in [-0.15, -0.1) is 12.4 Å². The summed E-state index contributed by atoms with van der Waals surface area (Å²) >= 11 is 0. The number of nitrogens with one attached hydrogen (secondary N) is 1. The van der Waals surface area contributed by atoms with Crippen molar-refractivity contribution in [3.63, 3.8) is 0 Å². The Labute approximate surface area is 131 Å². The van der Waals surface area contributed by atoms with Gasteiger partial charge in [0.1, 0.15) is 0 Å². The largest absolute Gasteiger partial charge is 0.349 e. The predicted octanol–water partition coefficient (Wildman–Crippen LogP) is 1.94. The number of nitrogens with two attached hydrogens (primary N) is 1. The van der Waals surface area contributed by atoms with Crippen LogP contribution < -0.4 is 11.1 Å². The van der Waals surface area contributed by atoms with Gasteiger partial charge < -0.3 is 15.6 Å². The van der Waals surface area contributed by atoms with Gasteiger partial charge in [0.25, 0.3) is 0 Å². The van der Waals surface area contributed by atoms with Crippen molar-refractivity contribution < 1.29 is 9.32 Å². The molecule has 0 spiro atoms. The molecule has 0 unspecified atom stereocenters. The molecule has 120 valence electrons. The first-order valence-corrected chi connectivity index (χ1v) is 7.38. The number of aromatic nitrogens is 2. The molecule has 3 N–H and O–H groups in total. The third kappa shape index (κ3) is 4.68. The first-order valence-electron chi connectivity index (χ1n) is 7.38. The molecule has 0 radical (unpaired) electrons. The monoisotopic (exact) mass is 316 g/mol. The number of hydrogen-bond donors (Lipinski definition) is 2. The Kier molecular flexibility index (Phi) is 6.61. The highest BCUT2D eigenvalue weighted by molar-refractivity contribution is 5.85. The fourth-order valence-corrected chi connectivity index (χ4v) is 2.61. The number of hydrogen-bond acceptors (Lipinski definition) is 5. The lowest BCUT2D eigenvalue weighted by molar-refractivity contribution is -0.123. The van der Waals surface area contributed by atoms with Gasteiger partial charge in [-0.1, -0.05) is 31.8 Å². The Morgan fingerprint density at radius 3 is 2.62 bits per heavy atom. The average molecular weight is 317 g/mol. The molecule has 0 aromatic carbocycles. The molecular weight excluding hydrogens is 292 g/mol. The van der Waals surface area contributed by atoms with Crippen molar-refractivity contribution in [2.45, 2.75) is 63.8 Å². The molecule has 6 nitrogen and oxygen atoms in total. The second-order valence-corrected chi connectivity index (χ2v) is 5.94. The van der Waals surface area contributed by atoms with Crippen LogP contribution in [0.1, 0.15) is 63.6 Å². The first kappa shape index (κ1) is 17.9. The highest BCUT2D eigenvalue weighted by atomic mass is 35.5. The van der Waals surface area contributed by atoms with Crippen LogP contribution in [-0.4, -0.2) is 28.1 Å². The molecular formula is C14H25ClN4O2. The minimum absolute atomic E-state index is 0. The van der Waals surface area contributed by atoms with E-state index in [1.807, 2.05) is 13.8 Å². The molecule has 1 heterocycles. The normalized spacial score (nSPS) is 16.8. The van der Waals surface area contributed by atoms with E-state index in [1.54, 1.807) is 0 Å². The van der Waals surface area contributed by atoms with Gasteiger partial charge >= 0.3 is 0 Å². The van der Waals surface area contributed by atoms with Crippen LogP contribution in [-0.2, 0) is 11.2 Å². The van der Waals surface area contributed by atoms with Crippen molar-refractivity contribution >= 4 is 18.3 Å². The van der Waals surface area contributed by atoms with Crippen LogP contribution in [0.5, 0.6) is 0 Å². The summed E-state index contributed by atoms with van der Waals surface area (Å²) < 4.78 is 5.13. The lowest BCUT2D eigenvalue weighted by Crippen LogP contribution is -2.51. The molecule has 21 heavy (non-hydrogen) atoms. The van der Waals surface area contributed by atoms with Gasteiger partial charge in [0.15, 0.2) is 5.82 Å². The summed E-state index contributed by atoms with van der Waals surface area (Å²) in [6, 6.07) is 0. The predicted molar refractivity (Wildman–Crippen MR) is 82.4 cm³/mol. The van der Waals surface area contributed by atoms with Crippen LogP contribution in [0.25, 0.3) is 0 Å². The molecule has 0 atom stereocenters. The Morgan fingerprint density at radius 1 is 1.43 bits per heavy atom. The van der Waals surface area contributed by atoms with Crippen LogP contribution >= 0.6 is 12.4 Å². The molecule has 2 rings (SSSR count). The van der Waals surface area contributed by atoms with Crippen molar-refractivity contribution in [1.29, 1.82) is 0 Å². The molecule has 0 saturated heterocycles. The van der Waals surface area contributed by atoms with Gasteiger partial charge in [0, 0.05) is 25.3 Å². The van der Waals surface area contributed by atoms with Crippen molar-refractivity contribution in [2.75, 3.05) is 6.54 Å². The zero-order chi connectivity index (χ0) is 14.6. The second-order valence-electron chi connectivity index (χ2n) is 5.94. The Balaban J connectivity index is 0.00000220. The number of halogens is 1. The van der Waals surface area contributed by atoms with E-state index in [-0.39, 0.29) is 29.8 Å². The number of aryl methyl sites for hydroxylation is 1. The minimum Gasteiger partial charge on any atom is -0.349 e. The topological polar surface area (TPSA) is 94.0 Å². The summed E-state index contributed by atoms with van der Waals surface area (Å²) in [4.78, 5) is 16.3. The summed E-state index contributed by atoms with van der Waals surface area (Å²) in [6.45, 7) is 4.52. The van der Waals surface area contributed by atoms with Crippen LogP contribution in [0, 0.1) is 0 Å². The highest BCUT2D eigenvalue weighted by Gasteiger charge is 2.33. The van der Waals surface area contributed by atoms with Crippen molar-refractivity contribution in [3.05, 3.63) is 11.7 Å². The quantitative estimate of drug-likeness (QED) is 0.836. The maximum absolute atomic E-state index is 12.0. The second kappa shape index (κ2) is 7.75. The molecule has 0 bridgehead atoms. The number of nitrogens with zero attached hydrogens (tertiary/aromatic N) is 2. The molecule has 1 amide bonds. The van der Waals surface area contributed by atoms with E-state index < -0.39 is 0 Å². The lowest BCUT2D eigenvalue weighted by atomic mass is 9.97. The summed E-state index contributed by atoms with van der Waals surface area (Å²) in [6.07, 6.45) is 5.08. The van der Waals surface area contributed by atoms with E-state index in [0.29, 0.717) is 31.1 Å². The molecule has 1 aromatic rings. The van der Waals surface area contributed by atoms with Crippen LogP contribution in [0.2, 0.25) is 0 Å². The molecule has 1 aliphatic carbocycles. The first-order chi connectivity index (χ1) is 9.54.